The molecule has 0 saturated heterocycles. The third-order valence-corrected chi connectivity index (χ3v) is 8.15. The van der Waals surface area contributed by atoms with Gasteiger partial charge in [0.15, 0.2) is 11.8 Å². The van der Waals surface area contributed by atoms with Crippen LogP contribution in [0.25, 0.3) is 0 Å². The number of likely N-dealkylation sites (N-methyl/N-ethyl adjacent to an activating group) is 1. The standard InChI is InChI=1S/C33H40BrN3O7/c1-20-10-8-9-13-28(39)35-22(3)32(42)37(4)26(19-23-16-17-27(38)25(34)18-23)31(41)36-29(33(43)44-21(2)15-14-20)30(40)24-11-6-5-7-12-24/h5-7,10-12,16-18,21-22,26,29,38H,8-9,13-15,19H2,1-4H3,(H,35,39)(H,36,41)/t21-,22-,26+,29?/m0/s1. The number of carbonyl (C=O) groups excluding carboxylic acids is 5. The lowest BCUT2D eigenvalue weighted by molar-refractivity contribution is -0.151. The maximum absolute atomic E-state index is 13.9. The van der Waals surface area contributed by atoms with Gasteiger partial charge in [-0.05, 0) is 80.1 Å². The van der Waals surface area contributed by atoms with E-state index in [1.54, 1.807) is 49.4 Å². The molecule has 0 radical (unpaired) electrons. The zero-order chi connectivity index (χ0) is 32.4. The van der Waals surface area contributed by atoms with Crippen molar-refractivity contribution in [2.24, 2.45) is 0 Å². The Bertz CT molecular complexity index is 1400. The molecule has 2 aromatic rings. The van der Waals surface area contributed by atoms with E-state index in [0.717, 1.165) is 5.57 Å². The first-order valence-corrected chi connectivity index (χ1v) is 15.5. The predicted molar refractivity (Wildman–Crippen MR) is 169 cm³/mol. The molecule has 1 unspecified atom stereocenters. The highest BCUT2D eigenvalue weighted by Crippen LogP contribution is 2.25. The molecule has 1 aliphatic heterocycles. The third-order valence-electron chi connectivity index (χ3n) is 7.51. The molecule has 0 fully saturated rings. The number of esters is 1. The summed E-state index contributed by atoms with van der Waals surface area (Å²) in [5.74, 6) is -3.15. The summed E-state index contributed by atoms with van der Waals surface area (Å²) in [5, 5.41) is 15.2. The van der Waals surface area contributed by atoms with Crippen LogP contribution >= 0.6 is 15.9 Å². The second kappa shape index (κ2) is 16.2. The fourth-order valence-corrected chi connectivity index (χ4v) is 5.28. The number of nitrogens with zero attached hydrogens (tertiary/aromatic N) is 1. The highest BCUT2D eigenvalue weighted by atomic mass is 79.9. The fraction of sp³-hybridized carbons (Fsp3) is 0.424. The van der Waals surface area contributed by atoms with Gasteiger partial charge in [0.25, 0.3) is 0 Å². The number of halogens is 1. The molecule has 0 aliphatic carbocycles. The van der Waals surface area contributed by atoms with Gasteiger partial charge in [-0.25, -0.2) is 4.79 Å². The minimum atomic E-state index is -1.67. The molecular formula is C33H40BrN3O7. The molecule has 0 aromatic heterocycles. The summed E-state index contributed by atoms with van der Waals surface area (Å²) in [6, 6.07) is 8.96. The Kier molecular flexibility index (Phi) is 12.7. The molecule has 4 atom stereocenters. The Morgan fingerprint density at radius 3 is 2.43 bits per heavy atom. The van der Waals surface area contributed by atoms with Crippen LogP contribution in [0.3, 0.4) is 0 Å². The van der Waals surface area contributed by atoms with Crippen LogP contribution in [-0.4, -0.2) is 70.8 Å². The Hall–Kier alpha value is -3.99. The molecule has 0 bridgehead atoms. The third kappa shape index (κ3) is 9.77. The molecule has 1 heterocycles. The van der Waals surface area contributed by atoms with Gasteiger partial charge >= 0.3 is 5.97 Å². The smallest absolute Gasteiger partial charge is 0.337 e. The summed E-state index contributed by atoms with van der Waals surface area (Å²) in [5.41, 5.74) is 1.87. The summed E-state index contributed by atoms with van der Waals surface area (Å²) in [6.45, 7) is 5.22. The molecule has 236 valence electrons. The van der Waals surface area contributed by atoms with Gasteiger partial charge in [-0.2, -0.15) is 0 Å². The van der Waals surface area contributed by atoms with Crippen molar-refractivity contribution in [1.29, 1.82) is 0 Å². The zero-order valence-corrected chi connectivity index (χ0v) is 27.1. The number of nitrogens with one attached hydrogen (secondary N) is 2. The molecule has 3 amide bonds. The van der Waals surface area contributed by atoms with Gasteiger partial charge in [0.2, 0.25) is 17.7 Å². The van der Waals surface area contributed by atoms with E-state index in [-0.39, 0.29) is 30.1 Å². The van der Waals surface area contributed by atoms with Crippen molar-refractivity contribution in [2.45, 2.75) is 83.5 Å². The highest BCUT2D eigenvalue weighted by Gasteiger charge is 2.37. The van der Waals surface area contributed by atoms with Gasteiger partial charge in [-0.3, -0.25) is 19.2 Å². The minimum absolute atomic E-state index is 0.00439. The quantitative estimate of drug-likeness (QED) is 0.191. The Morgan fingerprint density at radius 1 is 1.05 bits per heavy atom. The van der Waals surface area contributed by atoms with Crippen molar-refractivity contribution in [3.8, 4) is 5.75 Å². The number of phenols is 1. The number of ketones is 1. The van der Waals surface area contributed by atoms with Crippen LogP contribution in [-0.2, 0) is 30.3 Å². The number of benzene rings is 2. The lowest BCUT2D eigenvalue weighted by atomic mass is 10.0. The SMILES string of the molecule is CC1=CCCCC(=O)N[C@@H](C)C(=O)N(C)[C@H](Cc2ccc(O)c(Br)c2)C(=O)NC(C(=O)c2ccccc2)C(=O)O[C@@H](C)CC1. The van der Waals surface area contributed by atoms with Crippen molar-refractivity contribution in [1.82, 2.24) is 15.5 Å². The van der Waals surface area contributed by atoms with Crippen molar-refractivity contribution in [3.63, 3.8) is 0 Å². The molecule has 3 N–H and O–H groups in total. The largest absolute Gasteiger partial charge is 0.507 e. The van der Waals surface area contributed by atoms with Crippen LogP contribution in [0.1, 0.15) is 68.8 Å². The summed E-state index contributed by atoms with van der Waals surface area (Å²) in [4.78, 5) is 68.2. The number of Topliss-reactive ketones (excluding diaryl/α,β-unsaturated/α-hetero) is 1. The maximum Gasteiger partial charge on any atom is 0.337 e. The lowest BCUT2D eigenvalue weighted by Crippen LogP contribution is -2.58. The summed E-state index contributed by atoms with van der Waals surface area (Å²) < 4.78 is 6.05. The number of rotatable bonds is 4. The number of ether oxygens (including phenoxy) is 1. The maximum atomic E-state index is 13.9. The molecule has 0 saturated carbocycles. The molecule has 0 spiro atoms. The number of hydrogen-bond donors (Lipinski definition) is 3. The van der Waals surface area contributed by atoms with E-state index in [9.17, 15) is 29.1 Å². The molecular weight excluding hydrogens is 630 g/mol. The highest BCUT2D eigenvalue weighted by molar-refractivity contribution is 9.10. The first-order valence-electron chi connectivity index (χ1n) is 14.7. The van der Waals surface area contributed by atoms with Gasteiger partial charge < -0.3 is 25.4 Å². The summed E-state index contributed by atoms with van der Waals surface area (Å²) >= 11 is 3.27. The molecule has 3 rings (SSSR count). The Morgan fingerprint density at radius 2 is 1.75 bits per heavy atom. The number of cyclic esters (lactones) is 1. The van der Waals surface area contributed by atoms with Crippen LogP contribution in [0.5, 0.6) is 5.75 Å². The Labute approximate surface area is 266 Å². The van der Waals surface area contributed by atoms with Crippen LogP contribution < -0.4 is 10.6 Å². The first kappa shape index (κ1) is 34.5. The molecule has 1 aliphatic rings. The average molecular weight is 671 g/mol. The molecule has 2 aromatic carbocycles. The number of hydrogen-bond acceptors (Lipinski definition) is 7. The van der Waals surface area contributed by atoms with Gasteiger partial charge in [0.05, 0.1) is 10.6 Å². The van der Waals surface area contributed by atoms with E-state index in [1.165, 1.54) is 24.9 Å². The van der Waals surface area contributed by atoms with E-state index in [0.29, 0.717) is 35.7 Å². The fourth-order valence-electron chi connectivity index (χ4n) is 4.85. The van der Waals surface area contributed by atoms with Crippen molar-refractivity contribution in [3.05, 3.63) is 75.8 Å². The first-order chi connectivity index (χ1) is 20.9. The van der Waals surface area contributed by atoms with Crippen molar-refractivity contribution >= 4 is 45.4 Å². The monoisotopic (exact) mass is 669 g/mol. The second-order valence-corrected chi connectivity index (χ2v) is 12.0. The van der Waals surface area contributed by atoms with Crippen molar-refractivity contribution < 1.29 is 33.8 Å². The van der Waals surface area contributed by atoms with E-state index < -0.39 is 47.8 Å². The molecule has 44 heavy (non-hydrogen) atoms. The number of phenolic OH excluding ortho intramolecular Hbond substituents is 1. The van der Waals surface area contributed by atoms with Crippen LogP contribution in [0.2, 0.25) is 0 Å². The Balaban J connectivity index is 2.01. The van der Waals surface area contributed by atoms with Crippen LogP contribution in [0.4, 0.5) is 0 Å². The van der Waals surface area contributed by atoms with Gasteiger partial charge in [-0.15, -0.1) is 0 Å². The number of carbonyl (C=O) groups is 5. The molecule has 11 heteroatoms. The van der Waals surface area contributed by atoms with Gasteiger partial charge in [-0.1, -0.05) is 48.0 Å². The zero-order valence-electron chi connectivity index (χ0n) is 25.5. The summed E-state index contributed by atoms with van der Waals surface area (Å²) in [6.07, 6.45) is 4.11. The van der Waals surface area contributed by atoms with E-state index in [4.69, 9.17) is 4.74 Å². The number of allylic oxidation sites excluding steroid dienone is 2. The predicted octanol–water partition coefficient (Wildman–Crippen LogP) is 4.24. The number of aromatic hydroxyl groups is 1. The minimum Gasteiger partial charge on any atom is -0.507 e. The van der Waals surface area contributed by atoms with Gasteiger partial charge in [0.1, 0.15) is 17.8 Å². The lowest BCUT2D eigenvalue weighted by Gasteiger charge is -2.31. The van der Waals surface area contributed by atoms with E-state index in [2.05, 4.69) is 26.6 Å². The normalized spacial score (nSPS) is 23.3. The van der Waals surface area contributed by atoms with Crippen molar-refractivity contribution in [2.75, 3.05) is 7.05 Å². The average Bonchev–Trinajstić information content (AvgIpc) is 3.00. The summed E-state index contributed by atoms with van der Waals surface area (Å²) in [7, 11) is 1.43. The van der Waals surface area contributed by atoms with Crippen LogP contribution in [0, 0.1) is 0 Å². The molecule has 10 nitrogen and oxygen atoms in total. The van der Waals surface area contributed by atoms with E-state index >= 15 is 0 Å². The number of amides is 3. The topological polar surface area (TPSA) is 142 Å². The second-order valence-electron chi connectivity index (χ2n) is 11.1. The van der Waals surface area contributed by atoms with E-state index in [1.807, 2.05) is 13.0 Å². The van der Waals surface area contributed by atoms with Gasteiger partial charge in [0, 0.05) is 25.5 Å². The van der Waals surface area contributed by atoms with Crippen LogP contribution in [0.15, 0.2) is 64.7 Å².